The number of nitrogens with one attached hydrogen (secondary N) is 1. The quantitative estimate of drug-likeness (QED) is 0.160. The third-order valence-corrected chi connectivity index (χ3v) is 6.35. The molecule has 3 aromatic rings. The predicted octanol–water partition coefficient (Wildman–Crippen LogP) is 0.198. The minimum Gasteiger partial charge on any atom is -0.516 e. The number of nitrogens with zero attached hydrogens (tertiary/aromatic N) is 2. The second kappa shape index (κ2) is 11.1. The van der Waals surface area contributed by atoms with Gasteiger partial charge in [0.15, 0.2) is 0 Å². The van der Waals surface area contributed by atoms with Crippen LogP contribution in [-0.4, -0.2) is 82.2 Å². The van der Waals surface area contributed by atoms with Crippen LogP contribution in [0.5, 0.6) is 5.75 Å². The smallest absolute Gasteiger partial charge is 0.453 e. The van der Waals surface area contributed by atoms with Gasteiger partial charge in [0, 0.05) is 59.7 Å². The first-order chi connectivity index (χ1) is 16.9. The van der Waals surface area contributed by atoms with Crippen LogP contribution in [0.2, 0.25) is 0 Å². The molecule has 5 rings (SSSR count). The number of hydrogen-bond donors (Lipinski definition) is 8. The molecule has 2 aliphatic rings. The molecular formula is C24H28N3O9V-. The third kappa shape index (κ3) is 6.16. The summed E-state index contributed by atoms with van der Waals surface area (Å²) in [7, 11) is 1.83. The Morgan fingerprint density at radius 1 is 1.08 bits per heavy atom. The molecule has 1 atom stereocenters. The van der Waals surface area contributed by atoms with E-state index in [0.29, 0.717) is 22.9 Å². The number of rotatable bonds is 5. The molecule has 0 bridgehead atoms. The van der Waals surface area contributed by atoms with Gasteiger partial charge in [-0.05, 0) is 56.3 Å². The maximum Gasteiger partial charge on any atom is 0.453 e. The Labute approximate surface area is 223 Å². The summed E-state index contributed by atoms with van der Waals surface area (Å²) < 4.78 is 4.57. The van der Waals surface area contributed by atoms with Crippen LogP contribution in [0.25, 0.3) is 10.9 Å². The number of carbonyl (C=O) groups is 1. The minimum atomic E-state index is -3.30. The molecule has 0 saturated carbocycles. The average molecular weight is 553 g/mol. The fraction of sp³-hybridized carbons (Fsp3) is 0.333. The normalized spacial score (nSPS) is 18.0. The summed E-state index contributed by atoms with van der Waals surface area (Å²) in [5, 5.41) is 66.1. The van der Waals surface area contributed by atoms with Crippen LogP contribution in [0.4, 0.5) is 0 Å². The number of aliphatic hydroxyl groups excluding tert-OH is 1. The molecule has 13 heteroatoms. The second-order valence-electron chi connectivity index (χ2n) is 8.80. The first kappa shape index (κ1) is 29.1. The molecule has 1 fully saturated rings. The number of likely N-dealkylation sites (tertiary alicyclic amines) is 1. The number of hydrogen-bond acceptors (Lipinski definition) is 10. The fourth-order valence-electron chi connectivity index (χ4n) is 4.64. The molecule has 1 unspecified atom stereocenters. The van der Waals surface area contributed by atoms with Gasteiger partial charge >= 0.3 is 6.16 Å². The van der Waals surface area contributed by atoms with Crippen LogP contribution in [-0.2, 0) is 30.9 Å². The Morgan fingerprint density at radius 2 is 1.78 bits per heavy atom. The van der Waals surface area contributed by atoms with Crippen molar-refractivity contribution in [3.8, 4) is 5.75 Å². The van der Waals surface area contributed by atoms with Gasteiger partial charge in [-0.3, -0.25) is 9.69 Å². The van der Waals surface area contributed by atoms with E-state index in [9.17, 15) is 15.0 Å². The molecule has 37 heavy (non-hydrogen) atoms. The Balaban J connectivity index is 0.000000231. The van der Waals surface area contributed by atoms with Gasteiger partial charge in [-0.2, -0.15) is 0 Å². The SMILES string of the molecule is CN1CCCC1C(O)(O)c1c[nH]c2ccc(OC(O)(O)O)cc12.O=C1c2ccccc2CN1[C-](O)O.[V]. The summed E-state index contributed by atoms with van der Waals surface area (Å²) in [6.07, 6.45) is -1.21. The summed E-state index contributed by atoms with van der Waals surface area (Å²) >= 11 is 0. The number of H-pyrrole nitrogens is 1. The average Bonchev–Trinajstić information content (AvgIpc) is 3.50. The van der Waals surface area contributed by atoms with Crippen LogP contribution < -0.4 is 4.74 Å². The molecule has 199 valence electrons. The maximum absolute atomic E-state index is 11.4. The van der Waals surface area contributed by atoms with Crippen molar-refractivity contribution in [1.82, 2.24) is 14.8 Å². The van der Waals surface area contributed by atoms with Crippen molar-refractivity contribution in [3.05, 3.63) is 71.8 Å². The molecular weight excluding hydrogens is 525 g/mol. The zero-order valence-electron chi connectivity index (χ0n) is 19.8. The van der Waals surface area contributed by atoms with Gasteiger partial charge in [0.05, 0.1) is 6.04 Å². The number of amides is 1. The zero-order valence-corrected chi connectivity index (χ0v) is 21.2. The van der Waals surface area contributed by atoms with E-state index in [1.165, 1.54) is 18.3 Å². The topological polar surface area (TPSA) is 190 Å². The molecule has 1 radical (unpaired) electrons. The number of fused-ring (bicyclic) bond motifs is 2. The molecule has 2 aromatic carbocycles. The van der Waals surface area contributed by atoms with E-state index in [1.807, 2.05) is 18.0 Å². The zero-order chi connectivity index (χ0) is 26.3. The number of aromatic nitrogens is 1. The standard InChI is InChI=1S/C15H20N2O6.C9H8NO3.V/c1-17-6-2-3-13(17)14(18,19)11-8-16-12-5-4-9(7-10(11)12)23-15(20,21)22;11-8-7-4-2-1-3-6(7)5-10(8)9(12)13;/h4-5,7-8,13,16,18-22H,2-3,6H2,1H3;1-4,12-13H,5H2;/q;-1;. The van der Waals surface area contributed by atoms with E-state index >= 15 is 0 Å². The van der Waals surface area contributed by atoms with Crippen LogP contribution in [0, 0.1) is 6.41 Å². The van der Waals surface area contributed by atoms with Crippen LogP contribution in [0.3, 0.4) is 0 Å². The Kier molecular flexibility index (Phi) is 8.72. The summed E-state index contributed by atoms with van der Waals surface area (Å²) in [5.74, 6) is -2.46. The maximum atomic E-state index is 11.4. The first-order valence-corrected chi connectivity index (χ1v) is 11.2. The van der Waals surface area contributed by atoms with Crippen molar-refractivity contribution in [3.63, 3.8) is 0 Å². The molecule has 1 saturated heterocycles. The molecule has 8 N–H and O–H groups in total. The van der Waals surface area contributed by atoms with Gasteiger partial charge in [0.1, 0.15) is 5.75 Å². The van der Waals surface area contributed by atoms with Gasteiger partial charge in [0.25, 0.3) is 0 Å². The number of aliphatic hydroxyl groups is 7. The molecule has 2 aliphatic heterocycles. The van der Waals surface area contributed by atoms with Crippen molar-refractivity contribution in [2.75, 3.05) is 13.6 Å². The molecule has 3 heterocycles. The Bertz CT molecular complexity index is 1240. The predicted molar refractivity (Wildman–Crippen MR) is 124 cm³/mol. The summed E-state index contributed by atoms with van der Waals surface area (Å²) in [5.41, 5.74) is 2.23. The molecule has 12 nitrogen and oxygen atoms in total. The van der Waals surface area contributed by atoms with Crippen molar-refractivity contribution in [1.29, 1.82) is 0 Å². The number of benzene rings is 2. The molecule has 0 spiro atoms. The van der Waals surface area contributed by atoms with Crippen molar-refractivity contribution >= 4 is 16.8 Å². The van der Waals surface area contributed by atoms with E-state index in [4.69, 9.17) is 25.5 Å². The van der Waals surface area contributed by atoms with Crippen LogP contribution >= 0.6 is 0 Å². The fourth-order valence-corrected chi connectivity index (χ4v) is 4.64. The molecule has 1 amide bonds. The van der Waals surface area contributed by atoms with Gasteiger partial charge in [-0.15, -0.1) is 0 Å². The van der Waals surface area contributed by atoms with Gasteiger partial charge in [-0.1, -0.05) is 18.2 Å². The number of aromatic amines is 1. The Morgan fingerprint density at radius 3 is 2.38 bits per heavy atom. The summed E-state index contributed by atoms with van der Waals surface area (Å²) in [6, 6.07) is 11.0. The third-order valence-electron chi connectivity index (χ3n) is 6.35. The van der Waals surface area contributed by atoms with E-state index < -0.39 is 24.4 Å². The van der Waals surface area contributed by atoms with Crippen LogP contribution in [0.15, 0.2) is 48.7 Å². The van der Waals surface area contributed by atoms with Crippen molar-refractivity contribution in [2.24, 2.45) is 0 Å². The Hall–Kier alpha value is -2.49. The number of ether oxygens (including phenoxy) is 1. The number of carbonyl (C=O) groups excluding carboxylic acids is 1. The summed E-state index contributed by atoms with van der Waals surface area (Å²) in [4.78, 5) is 17.2. The monoisotopic (exact) mass is 553 g/mol. The van der Waals surface area contributed by atoms with E-state index in [0.717, 1.165) is 23.4 Å². The van der Waals surface area contributed by atoms with Gasteiger partial charge < -0.3 is 50.4 Å². The van der Waals surface area contributed by atoms with Crippen LogP contribution in [0.1, 0.15) is 34.3 Å². The van der Waals surface area contributed by atoms with Gasteiger partial charge in [0.2, 0.25) is 11.7 Å². The first-order valence-electron chi connectivity index (χ1n) is 11.2. The number of likely N-dealkylation sites (N-methyl/N-ethyl adjacent to an activating group) is 1. The van der Waals surface area contributed by atoms with Crippen molar-refractivity contribution in [2.45, 2.75) is 37.4 Å². The van der Waals surface area contributed by atoms with Gasteiger partial charge in [-0.25, -0.2) is 0 Å². The van der Waals surface area contributed by atoms with E-state index in [-0.39, 0.29) is 42.3 Å². The largest absolute Gasteiger partial charge is 0.516 e. The molecule has 1 aromatic heterocycles. The second-order valence-corrected chi connectivity index (χ2v) is 8.80. The minimum absolute atomic E-state index is 0. The van der Waals surface area contributed by atoms with E-state index in [1.54, 1.807) is 24.3 Å². The van der Waals surface area contributed by atoms with Crippen molar-refractivity contribution < 1.29 is 63.8 Å². The van der Waals surface area contributed by atoms with E-state index in [2.05, 4.69) is 9.72 Å². The summed E-state index contributed by atoms with van der Waals surface area (Å²) in [6.45, 7) is 1.02. The molecule has 0 aliphatic carbocycles.